The molecule has 0 aliphatic heterocycles. The maximum absolute atomic E-state index is 9.31. The summed E-state index contributed by atoms with van der Waals surface area (Å²) in [6.45, 7) is 0. The van der Waals surface area contributed by atoms with E-state index in [1.165, 1.54) is 21.6 Å². The Morgan fingerprint density at radius 3 is 0.789 bits per heavy atom. The van der Waals surface area contributed by atoms with Crippen LogP contribution < -0.4 is 0 Å². The normalized spacial score (nSPS) is 38.5. The number of hydrogen-bond donors (Lipinski definition) is 3. The van der Waals surface area contributed by atoms with Gasteiger partial charge in [0.1, 0.15) is 0 Å². The van der Waals surface area contributed by atoms with Crippen LogP contribution in [0.4, 0.5) is 3.02 Å². The molecule has 1 aliphatic rings. The molecule has 1 saturated carbocycles. The Morgan fingerprint density at radius 1 is 0.684 bits per heavy atom. The molecule has 0 amide bonds. The average molecular weight is 606 g/mol. The van der Waals surface area contributed by atoms with Gasteiger partial charge >= 0.3 is 57.9 Å². The molecule has 0 radical (unpaired) electrons. The van der Waals surface area contributed by atoms with E-state index in [1.54, 1.807) is 0 Å². The Bertz CT molecular complexity index is 232. The van der Waals surface area contributed by atoms with Crippen molar-refractivity contribution in [3.8, 4) is 0 Å². The second-order valence-electron chi connectivity index (χ2n) is 3.18. The van der Waals surface area contributed by atoms with Crippen LogP contribution in [-0.4, -0.2) is 62.5 Å². The second kappa shape index (κ2) is 11.4. The third kappa shape index (κ3) is 10.3. The summed E-state index contributed by atoms with van der Waals surface area (Å²) in [7, 11) is 0. The van der Waals surface area contributed by atoms with E-state index in [2.05, 4.69) is 0 Å². The first-order valence-electron chi connectivity index (χ1n) is 4.21. The van der Waals surface area contributed by atoms with Gasteiger partial charge in [0.15, 0.2) is 0 Å². The van der Waals surface area contributed by atoms with Crippen LogP contribution in [-0.2, 0) is 24.6 Å². The topological polar surface area (TPSA) is 77.8 Å². The molecule has 0 saturated heterocycles. The van der Waals surface area contributed by atoms with E-state index >= 15 is 0 Å². The summed E-state index contributed by atoms with van der Waals surface area (Å²) in [4.78, 5) is 0. The van der Waals surface area contributed by atoms with E-state index < -0.39 is 52.3 Å². The van der Waals surface area contributed by atoms with Crippen LogP contribution in [0.5, 0.6) is 0 Å². The van der Waals surface area contributed by atoms with Gasteiger partial charge in [0.05, 0.1) is 32.3 Å². The zero-order valence-corrected chi connectivity index (χ0v) is 17.2. The zero-order chi connectivity index (χ0) is 16.0. The minimum absolute atomic E-state index is 0.437. The van der Waals surface area contributed by atoms with Gasteiger partial charge in [0, 0.05) is 0 Å². The Kier molecular flexibility index (Phi) is 14.6. The molecule has 0 bridgehead atoms. The van der Waals surface area contributed by atoms with E-state index in [0.717, 1.165) is 0 Å². The van der Waals surface area contributed by atoms with Gasteiger partial charge in [-0.1, -0.05) is 0 Å². The molecule has 0 unspecified atom stereocenters. The minimum atomic E-state index is -5.35. The zero-order valence-electron chi connectivity index (χ0n) is 8.61. The predicted molar refractivity (Wildman–Crippen MR) is 72.1 cm³/mol. The van der Waals surface area contributed by atoms with Crippen molar-refractivity contribution < 1.29 is 37.8 Å². The third-order valence-electron chi connectivity index (χ3n) is 1.83. The van der Waals surface area contributed by atoms with E-state index in [1.807, 2.05) is 0 Å². The van der Waals surface area contributed by atoms with Crippen molar-refractivity contribution >= 4 is 89.7 Å². The van der Waals surface area contributed by atoms with Gasteiger partial charge < -0.3 is 0 Å². The van der Waals surface area contributed by atoms with Crippen molar-refractivity contribution in [3.05, 3.63) is 0 Å². The van der Waals surface area contributed by atoms with Gasteiger partial charge in [0.25, 0.3) is 0 Å². The van der Waals surface area contributed by atoms with Crippen LogP contribution in [0.15, 0.2) is 0 Å². The van der Waals surface area contributed by atoms with Crippen molar-refractivity contribution in [1.82, 2.24) is 0 Å². The molecule has 3 N–H and O–H groups in total. The van der Waals surface area contributed by atoms with Crippen molar-refractivity contribution in [3.63, 3.8) is 0 Å². The quantitative estimate of drug-likeness (QED) is 0.291. The first-order chi connectivity index (χ1) is 8.46. The van der Waals surface area contributed by atoms with Crippen molar-refractivity contribution in [2.45, 2.75) is 32.3 Å². The van der Waals surface area contributed by atoms with Crippen LogP contribution in [0.1, 0.15) is 0 Å². The summed E-state index contributed by atoms with van der Waals surface area (Å²) >= 11 is 31.4. The molecule has 4 nitrogen and oxygen atoms in total. The van der Waals surface area contributed by atoms with E-state index in [9.17, 15) is 3.02 Å². The van der Waals surface area contributed by atoms with E-state index in [-0.39, 0.29) is 0 Å². The summed E-state index contributed by atoms with van der Waals surface area (Å²) < 4.78 is 40.1. The average Bonchev–Trinajstić information content (AvgIpc) is 2.32. The number of halogens is 7. The van der Waals surface area contributed by atoms with Crippen LogP contribution in [0, 0.1) is 0 Å². The molecule has 0 heterocycles. The van der Waals surface area contributed by atoms with Crippen molar-refractivity contribution in [1.29, 1.82) is 0 Å². The van der Waals surface area contributed by atoms with Gasteiger partial charge in [-0.15, -0.1) is 69.6 Å². The van der Waals surface area contributed by atoms with E-state index in [4.69, 9.17) is 82.8 Å². The SMILES string of the molecule is Cl[C@H]1[C@H](Cl)[C@@H](Cl)[C@@H](Cl)[C@H](Cl)[C@H]1Cl.[F][Ag].[O]=[Sb]([OH])([OH])[OH]. The summed E-state index contributed by atoms with van der Waals surface area (Å²) in [5.74, 6) is 0. The van der Waals surface area contributed by atoms with Gasteiger partial charge in [-0.3, -0.25) is 0 Å². The fourth-order valence-electron chi connectivity index (χ4n) is 1.05. The van der Waals surface area contributed by atoms with Crippen LogP contribution in [0.3, 0.4) is 0 Å². The number of hydrogen-bond acceptors (Lipinski definition) is 1. The van der Waals surface area contributed by atoms with Gasteiger partial charge in [0.2, 0.25) is 0 Å². The Morgan fingerprint density at radius 2 is 0.737 bits per heavy atom. The van der Waals surface area contributed by atoms with Gasteiger partial charge in [-0.05, 0) is 0 Å². The molecule has 0 aromatic carbocycles. The van der Waals surface area contributed by atoms with Crippen LogP contribution in [0.2, 0.25) is 0 Å². The fraction of sp³-hybridized carbons (Fsp3) is 1.00. The Hall–Kier alpha value is 2.91. The molecule has 13 heteroatoms. The summed E-state index contributed by atoms with van der Waals surface area (Å²) in [6.07, 6.45) is 0. The Labute approximate surface area is 158 Å². The number of alkyl halides is 6. The standard InChI is InChI=1S/C6H6Cl6.Ag.FH.3H2O.O.Sb/c7-1-2(8)4(10)6(12)5(11)3(1)9;;;;;;;/h1-6H;;1H;3*1H2;;/q;+1;;;;;;+3/p-4/t1-,2-,3-,4+,5+,6+;;;;;;;. The first-order valence-corrected chi connectivity index (χ1v) is 11.9. The third-order valence-corrected chi connectivity index (χ3v) is 5.86. The second-order valence-corrected chi connectivity index (χ2v) is 9.13. The molecule has 0 atom stereocenters. The molecule has 19 heavy (non-hydrogen) atoms. The number of rotatable bonds is 0. The maximum atomic E-state index is 9.31. The molecule has 1 aliphatic carbocycles. The Balaban J connectivity index is 0. The van der Waals surface area contributed by atoms with Crippen LogP contribution >= 0.6 is 69.6 Å². The summed E-state index contributed by atoms with van der Waals surface area (Å²) in [6, 6.07) is 0. The summed E-state index contributed by atoms with van der Waals surface area (Å²) in [5.41, 5.74) is 0. The molecule has 122 valence electrons. The molecule has 0 spiro atoms. The monoisotopic (exact) mass is 602 g/mol. The van der Waals surface area contributed by atoms with Crippen molar-refractivity contribution in [2.24, 2.45) is 0 Å². The van der Waals surface area contributed by atoms with Crippen LogP contribution in [0.25, 0.3) is 0 Å². The van der Waals surface area contributed by atoms with Gasteiger partial charge in [-0.25, -0.2) is 0 Å². The molecular formula is C6H9AgCl6FO4Sb. The molecule has 1 rings (SSSR count). The summed E-state index contributed by atoms with van der Waals surface area (Å²) in [5, 5.41) is -2.62. The first kappa shape index (κ1) is 24.2. The van der Waals surface area contributed by atoms with E-state index in [0.29, 0.717) is 0 Å². The molecule has 0 aromatic heterocycles. The predicted octanol–water partition coefficient (Wildman–Crippen LogP) is 1.89. The van der Waals surface area contributed by atoms with Gasteiger partial charge in [-0.2, -0.15) is 0 Å². The van der Waals surface area contributed by atoms with Crippen molar-refractivity contribution in [2.75, 3.05) is 0 Å². The molecular weight excluding hydrogens is 597 g/mol. The molecule has 0 aromatic rings. The molecule has 1 fully saturated rings. The fourth-order valence-corrected chi connectivity index (χ4v) is 3.38.